The molecule has 1 amide bonds. The van der Waals surface area contributed by atoms with Crippen molar-refractivity contribution in [3.05, 3.63) is 0 Å². The predicted octanol–water partition coefficient (Wildman–Crippen LogP) is 1.38. The molecule has 2 saturated heterocycles. The van der Waals surface area contributed by atoms with Crippen LogP contribution in [0.15, 0.2) is 0 Å². The van der Waals surface area contributed by atoms with Crippen LogP contribution in [-0.4, -0.2) is 40.4 Å². The number of ether oxygens (including phenoxy) is 1. The smallest absolute Gasteiger partial charge is 0.410 e. The zero-order chi connectivity index (χ0) is 11.2. The number of carbonyl (C=O) groups excluding carboxylic acids is 1. The first-order valence-corrected chi connectivity index (χ1v) is 5.54. The van der Waals surface area contributed by atoms with Crippen LogP contribution in [0.2, 0.25) is 0 Å². The Hall–Kier alpha value is -0.770. The normalized spacial score (nSPS) is 33.9. The van der Waals surface area contributed by atoms with Crippen molar-refractivity contribution in [2.24, 2.45) is 5.92 Å². The molecule has 86 valence electrons. The van der Waals surface area contributed by atoms with Crippen molar-refractivity contribution in [1.29, 1.82) is 0 Å². The number of hydrogen-bond donors (Lipinski definition) is 1. The van der Waals surface area contributed by atoms with Gasteiger partial charge in [-0.1, -0.05) is 0 Å². The second-order valence-electron chi connectivity index (χ2n) is 5.52. The van der Waals surface area contributed by atoms with Crippen molar-refractivity contribution in [2.75, 3.05) is 6.61 Å². The molecule has 0 unspecified atom stereocenters. The largest absolute Gasteiger partial charge is 0.444 e. The van der Waals surface area contributed by atoms with Crippen molar-refractivity contribution in [2.45, 2.75) is 51.3 Å². The van der Waals surface area contributed by atoms with E-state index in [4.69, 9.17) is 4.74 Å². The number of aliphatic hydroxyl groups is 1. The Morgan fingerprint density at radius 1 is 1.47 bits per heavy atom. The summed E-state index contributed by atoms with van der Waals surface area (Å²) in [4.78, 5) is 13.6. The van der Waals surface area contributed by atoms with Crippen LogP contribution in [-0.2, 0) is 4.74 Å². The molecule has 4 heteroatoms. The fourth-order valence-electron chi connectivity index (χ4n) is 2.51. The van der Waals surface area contributed by atoms with E-state index in [1.165, 1.54) is 0 Å². The van der Waals surface area contributed by atoms with E-state index in [2.05, 4.69) is 0 Å². The van der Waals surface area contributed by atoms with Crippen LogP contribution in [0, 0.1) is 5.92 Å². The first-order valence-electron chi connectivity index (χ1n) is 5.54. The van der Waals surface area contributed by atoms with E-state index in [0.29, 0.717) is 12.0 Å². The van der Waals surface area contributed by atoms with Crippen LogP contribution in [0.1, 0.15) is 33.6 Å². The Morgan fingerprint density at radius 3 is 2.53 bits per heavy atom. The minimum atomic E-state index is -0.454. The van der Waals surface area contributed by atoms with Gasteiger partial charge in [0.1, 0.15) is 5.60 Å². The highest BCUT2D eigenvalue weighted by molar-refractivity contribution is 5.70. The highest BCUT2D eigenvalue weighted by Gasteiger charge is 2.53. The molecule has 1 atom stereocenters. The second kappa shape index (κ2) is 3.37. The number of aliphatic hydroxyl groups excluding tert-OH is 1. The number of hydrogen-bond acceptors (Lipinski definition) is 3. The molecule has 3 rings (SSSR count). The van der Waals surface area contributed by atoms with Gasteiger partial charge in [0.05, 0.1) is 12.6 Å². The molecule has 0 radical (unpaired) electrons. The van der Waals surface area contributed by atoms with Crippen LogP contribution >= 0.6 is 0 Å². The van der Waals surface area contributed by atoms with Crippen molar-refractivity contribution >= 4 is 6.09 Å². The quantitative estimate of drug-likeness (QED) is 0.715. The predicted molar refractivity (Wildman–Crippen MR) is 55.5 cm³/mol. The lowest BCUT2D eigenvalue weighted by Crippen LogP contribution is -2.42. The highest BCUT2D eigenvalue weighted by atomic mass is 16.6. The molecule has 2 aliphatic heterocycles. The Kier molecular flexibility index (Phi) is 2.41. The van der Waals surface area contributed by atoms with E-state index in [9.17, 15) is 9.90 Å². The number of rotatable bonds is 1. The van der Waals surface area contributed by atoms with Crippen LogP contribution in [0.3, 0.4) is 0 Å². The zero-order valence-corrected chi connectivity index (χ0v) is 9.56. The number of fused-ring (bicyclic) bond motifs is 1. The van der Waals surface area contributed by atoms with Gasteiger partial charge in [0, 0.05) is 6.04 Å². The molecule has 0 aromatic heterocycles. The maximum atomic E-state index is 11.9. The SMILES string of the molecule is CC(C)(C)OC(=O)N1C2CC(C2)[C@@H]1CO. The third kappa shape index (κ3) is 1.83. The minimum absolute atomic E-state index is 0.00940. The van der Waals surface area contributed by atoms with Gasteiger partial charge in [-0.25, -0.2) is 4.79 Å². The van der Waals surface area contributed by atoms with E-state index in [1.807, 2.05) is 20.8 Å². The van der Waals surface area contributed by atoms with E-state index in [0.717, 1.165) is 12.8 Å². The average Bonchev–Trinajstić information content (AvgIpc) is 2.50. The summed E-state index contributed by atoms with van der Waals surface area (Å²) in [5, 5.41) is 9.23. The first kappa shape index (κ1) is 10.7. The van der Waals surface area contributed by atoms with Crippen LogP contribution < -0.4 is 0 Å². The molecule has 0 aromatic rings. The summed E-state index contributed by atoms with van der Waals surface area (Å²) >= 11 is 0. The summed E-state index contributed by atoms with van der Waals surface area (Å²) in [6.07, 6.45) is 1.79. The lowest BCUT2D eigenvalue weighted by atomic mass is 9.83. The summed E-state index contributed by atoms with van der Waals surface area (Å²) in [6.45, 7) is 5.64. The maximum absolute atomic E-state index is 11.9. The highest BCUT2D eigenvalue weighted by Crippen LogP contribution is 2.46. The standard InChI is InChI=1S/C11H19NO3/c1-11(2,3)15-10(14)12-8-4-7(5-8)9(12)6-13/h7-9,13H,4-6H2,1-3H3/t7?,8?,9-/m0/s1. The van der Waals surface area contributed by atoms with Crippen molar-refractivity contribution in [1.82, 2.24) is 4.90 Å². The summed E-state index contributed by atoms with van der Waals surface area (Å²) in [5.74, 6) is 0.493. The number of amides is 1. The molecular weight excluding hydrogens is 194 g/mol. The summed E-state index contributed by atoms with van der Waals surface area (Å²) in [6, 6.07) is 0.298. The van der Waals surface area contributed by atoms with Crippen molar-refractivity contribution < 1.29 is 14.6 Å². The lowest BCUT2D eigenvalue weighted by Gasteiger charge is -2.29. The van der Waals surface area contributed by atoms with Crippen LogP contribution in [0.25, 0.3) is 0 Å². The Labute approximate surface area is 90.2 Å². The van der Waals surface area contributed by atoms with Gasteiger partial charge in [0.25, 0.3) is 0 Å². The first-order chi connectivity index (χ1) is 6.92. The Balaban J connectivity index is 2.01. The Bertz CT molecular complexity index is 265. The zero-order valence-electron chi connectivity index (χ0n) is 9.56. The summed E-state index contributed by atoms with van der Waals surface area (Å²) < 4.78 is 5.33. The van der Waals surface area contributed by atoms with Gasteiger partial charge in [-0.05, 0) is 39.5 Å². The van der Waals surface area contributed by atoms with E-state index >= 15 is 0 Å². The van der Waals surface area contributed by atoms with Gasteiger partial charge < -0.3 is 9.84 Å². The summed E-state index contributed by atoms with van der Waals surface area (Å²) in [7, 11) is 0. The second-order valence-corrected chi connectivity index (χ2v) is 5.52. The van der Waals surface area contributed by atoms with Gasteiger partial charge >= 0.3 is 6.09 Å². The molecule has 2 bridgehead atoms. The van der Waals surface area contributed by atoms with Gasteiger partial charge in [0.15, 0.2) is 0 Å². The van der Waals surface area contributed by atoms with Crippen LogP contribution in [0.4, 0.5) is 4.79 Å². The topological polar surface area (TPSA) is 49.8 Å². The molecule has 3 fully saturated rings. The molecule has 3 aliphatic rings. The summed E-state index contributed by atoms with van der Waals surface area (Å²) in [5.41, 5.74) is -0.454. The molecule has 1 saturated carbocycles. The molecule has 15 heavy (non-hydrogen) atoms. The number of nitrogens with zero attached hydrogens (tertiary/aromatic N) is 1. The van der Waals surface area contributed by atoms with Crippen LogP contribution in [0.5, 0.6) is 0 Å². The van der Waals surface area contributed by atoms with E-state index < -0.39 is 5.60 Å². The Morgan fingerprint density at radius 2 is 2.07 bits per heavy atom. The molecule has 2 heterocycles. The van der Waals surface area contributed by atoms with E-state index in [1.54, 1.807) is 4.90 Å². The third-order valence-electron chi connectivity index (χ3n) is 3.24. The molecule has 0 spiro atoms. The fourth-order valence-corrected chi connectivity index (χ4v) is 2.51. The van der Waals surface area contributed by atoms with E-state index in [-0.39, 0.29) is 18.7 Å². The minimum Gasteiger partial charge on any atom is -0.444 e. The molecule has 1 N–H and O–H groups in total. The molecular formula is C11H19NO3. The van der Waals surface area contributed by atoms with Gasteiger partial charge in [0.2, 0.25) is 0 Å². The van der Waals surface area contributed by atoms with Gasteiger partial charge in [-0.3, -0.25) is 4.90 Å². The molecule has 0 aromatic carbocycles. The number of carbonyl (C=O) groups is 1. The van der Waals surface area contributed by atoms with Crippen molar-refractivity contribution in [3.8, 4) is 0 Å². The molecule has 4 nitrogen and oxygen atoms in total. The maximum Gasteiger partial charge on any atom is 0.410 e. The van der Waals surface area contributed by atoms with Gasteiger partial charge in [-0.15, -0.1) is 0 Å². The fraction of sp³-hybridized carbons (Fsp3) is 0.909. The molecule has 1 aliphatic carbocycles. The van der Waals surface area contributed by atoms with Gasteiger partial charge in [-0.2, -0.15) is 0 Å². The van der Waals surface area contributed by atoms with Crippen molar-refractivity contribution in [3.63, 3.8) is 0 Å². The monoisotopic (exact) mass is 213 g/mol. The average molecular weight is 213 g/mol. The third-order valence-corrected chi connectivity index (χ3v) is 3.24. The lowest BCUT2D eigenvalue weighted by molar-refractivity contribution is 0.0146.